The van der Waals surface area contributed by atoms with Crippen LogP contribution >= 0.6 is 0 Å². The molecule has 0 aromatic heterocycles. The molecule has 114 valence electrons. The van der Waals surface area contributed by atoms with E-state index in [4.69, 9.17) is 0 Å². The average molecular weight is 300 g/mol. The second-order valence-corrected chi connectivity index (χ2v) is 5.06. The number of carbonyl (C=O) groups is 2. The predicted molar refractivity (Wildman–Crippen MR) is 84.2 cm³/mol. The molecule has 0 heterocycles. The van der Waals surface area contributed by atoms with Crippen molar-refractivity contribution in [3.05, 3.63) is 59.4 Å². The van der Waals surface area contributed by atoms with Gasteiger partial charge in [-0.15, -0.1) is 0 Å². The largest absolute Gasteiger partial charge is 0.326 e. The van der Waals surface area contributed by atoms with E-state index in [1.807, 2.05) is 0 Å². The molecule has 2 rings (SSSR count). The predicted octanol–water partition coefficient (Wildman–Crippen LogP) is 3.27. The van der Waals surface area contributed by atoms with Crippen molar-refractivity contribution in [1.29, 1.82) is 0 Å². The molecule has 0 radical (unpaired) electrons. The molecule has 0 fully saturated rings. The lowest BCUT2D eigenvalue weighted by Crippen LogP contribution is -2.15. The Balaban J connectivity index is 1.98. The van der Waals surface area contributed by atoms with Crippen LogP contribution < -0.4 is 10.6 Å². The Hall–Kier alpha value is -2.69. The second-order valence-electron chi connectivity index (χ2n) is 5.06. The molecule has 0 bridgehead atoms. The van der Waals surface area contributed by atoms with E-state index in [-0.39, 0.29) is 24.1 Å². The highest BCUT2D eigenvalue weighted by molar-refractivity contribution is 5.93. The van der Waals surface area contributed by atoms with Crippen molar-refractivity contribution in [2.24, 2.45) is 0 Å². The van der Waals surface area contributed by atoms with Crippen LogP contribution in [-0.2, 0) is 16.0 Å². The molecule has 2 aromatic carbocycles. The molecule has 0 aliphatic heterocycles. The summed E-state index contributed by atoms with van der Waals surface area (Å²) in [6, 6.07) is 11.3. The maximum absolute atomic E-state index is 13.0. The molecule has 4 nitrogen and oxygen atoms in total. The molecule has 0 aliphatic rings. The van der Waals surface area contributed by atoms with Gasteiger partial charge in [0.2, 0.25) is 11.8 Å². The van der Waals surface area contributed by atoms with E-state index in [1.54, 1.807) is 37.3 Å². The van der Waals surface area contributed by atoms with Gasteiger partial charge in [0.15, 0.2) is 0 Å². The van der Waals surface area contributed by atoms with Gasteiger partial charge in [-0.05, 0) is 48.4 Å². The molecule has 0 aliphatic carbocycles. The van der Waals surface area contributed by atoms with E-state index in [9.17, 15) is 14.0 Å². The summed E-state index contributed by atoms with van der Waals surface area (Å²) in [5.41, 5.74) is 2.79. The minimum absolute atomic E-state index is 0.141. The lowest BCUT2D eigenvalue weighted by atomic mass is 10.1. The zero-order valence-electron chi connectivity index (χ0n) is 12.4. The zero-order chi connectivity index (χ0) is 16.1. The van der Waals surface area contributed by atoms with E-state index < -0.39 is 0 Å². The molecule has 0 saturated heterocycles. The molecule has 22 heavy (non-hydrogen) atoms. The van der Waals surface area contributed by atoms with E-state index >= 15 is 0 Å². The quantitative estimate of drug-likeness (QED) is 0.910. The third-order valence-corrected chi connectivity index (χ3v) is 3.10. The normalized spacial score (nSPS) is 10.1. The first kappa shape index (κ1) is 15.7. The van der Waals surface area contributed by atoms with Crippen molar-refractivity contribution in [1.82, 2.24) is 0 Å². The molecular weight excluding hydrogens is 283 g/mol. The van der Waals surface area contributed by atoms with Gasteiger partial charge in [-0.2, -0.15) is 0 Å². The van der Waals surface area contributed by atoms with Gasteiger partial charge >= 0.3 is 0 Å². The number of nitrogens with one attached hydrogen (secondary N) is 2. The molecule has 2 aromatic rings. The summed E-state index contributed by atoms with van der Waals surface area (Å²) in [6.07, 6.45) is 0.206. The Morgan fingerprint density at radius 2 is 1.73 bits per heavy atom. The average Bonchev–Trinajstić information content (AvgIpc) is 2.43. The number of aryl methyl sites for hydroxylation is 1. The second kappa shape index (κ2) is 6.85. The Bertz CT molecular complexity index is 696. The van der Waals surface area contributed by atoms with Crippen LogP contribution in [0.25, 0.3) is 0 Å². The lowest BCUT2D eigenvalue weighted by Gasteiger charge is -2.09. The number of hydrogen-bond acceptors (Lipinski definition) is 2. The van der Waals surface area contributed by atoms with Crippen molar-refractivity contribution in [3.63, 3.8) is 0 Å². The Morgan fingerprint density at radius 1 is 1.05 bits per heavy atom. The summed E-state index contributed by atoms with van der Waals surface area (Å²) in [4.78, 5) is 22.9. The van der Waals surface area contributed by atoms with Crippen molar-refractivity contribution in [2.75, 3.05) is 10.6 Å². The molecule has 0 atom stereocenters. The fourth-order valence-electron chi connectivity index (χ4n) is 2.06. The maximum Gasteiger partial charge on any atom is 0.228 e. The first-order valence-electron chi connectivity index (χ1n) is 6.86. The monoisotopic (exact) mass is 300 g/mol. The van der Waals surface area contributed by atoms with Crippen LogP contribution in [0.15, 0.2) is 42.5 Å². The maximum atomic E-state index is 13.0. The Morgan fingerprint density at radius 3 is 2.32 bits per heavy atom. The van der Waals surface area contributed by atoms with E-state index in [0.717, 1.165) is 5.56 Å². The fraction of sp³-hybridized carbons (Fsp3) is 0.176. The number of benzene rings is 2. The number of amides is 2. The molecule has 5 heteroatoms. The van der Waals surface area contributed by atoms with Crippen molar-refractivity contribution < 1.29 is 14.0 Å². The van der Waals surface area contributed by atoms with Crippen molar-refractivity contribution >= 4 is 23.2 Å². The van der Waals surface area contributed by atoms with Gasteiger partial charge in [0.1, 0.15) is 5.82 Å². The van der Waals surface area contributed by atoms with Gasteiger partial charge in [-0.25, -0.2) is 4.39 Å². The van der Waals surface area contributed by atoms with Crippen LogP contribution in [0, 0.1) is 12.7 Å². The fourth-order valence-corrected chi connectivity index (χ4v) is 2.06. The molecule has 2 amide bonds. The van der Waals surface area contributed by atoms with E-state index in [0.29, 0.717) is 16.9 Å². The van der Waals surface area contributed by atoms with Gasteiger partial charge in [-0.3, -0.25) is 9.59 Å². The van der Waals surface area contributed by atoms with Crippen LogP contribution in [-0.4, -0.2) is 11.8 Å². The third-order valence-electron chi connectivity index (χ3n) is 3.10. The summed E-state index contributed by atoms with van der Waals surface area (Å²) in [5, 5.41) is 5.42. The molecule has 2 N–H and O–H groups in total. The number of rotatable bonds is 4. The summed E-state index contributed by atoms with van der Waals surface area (Å²) < 4.78 is 13.0. The smallest absolute Gasteiger partial charge is 0.228 e. The van der Waals surface area contributed by atoms with Gasteiger partial charge in [0, 0.05) is 18.3 Å². The first-order valence-corrected chi connectivity index (χ1v) is 6.86. The van der Waals surface area contributed by atoms with Gasteiger partial charge < -0.3 is 10.6 Å². The van der Waals surface area contributed by atoms with Gasteiger partial charge in [-0.1, -0.05) is 12.1 Å². The van der Waals surface area contributed by atoms with Crippen LogP contribution in [0.4, 0.5) is 15.8 Å². The number of hydrogen-bond donors (Lipinski definition) is 2. The minimum atomic E-state index is -0.330. The highest BCUT2D eigenvalue weighted by Gasteiger charge is 2.07. The lowest BCUT2D eigenvalue weighted by molar-refractivity contribution is -0.116. The highest BCUT2D eigenvalue weighted by atomic mass is 19.1. The van der Waals surface area contributed by atoms with Crippen LogP contribution in [0.2, 0.25) is 0 Å². The molecule has 0 saturated carbocycles. The zero-order valence-corrected chi connectivity index (χ0v) is 12.4. The molecular formula is C17H17FN2O2. The SMILES string of the molecule is CC(=O)Nc1ccc(CC(=O)Nc2ccc(F)cc2C)cc1. The number of anilines is 2. The summed E-state index contributed by atoms with van der Waals surface area (Å²) in [5.74, 6) is -0.650. The van der Waals surface area contributed by atoms with Crippen molar-refractivity contribution in [2.45, 2.75) is 20.3 Å². The third kappa shape index (κ3) is 4.41. The summed E-state index contributed by atoms with van der Waals surface area (Å²) >= 11 is 0. The Kier molecular flexibility index (Phi) is 4.88. The standard InChI is InChI=1S/C17H17FN2O2/c1-11-9-14(18)5-8-16(11)20-17(22)10-13-3-6-15(7-4-13)19-12(2)21/h3-9H,10H2,1-2H3,(H,19,21)(H,20,22). The van der Waals surface area contributed by atoms with Crippen molar-refractivity contribution in [3.8, 4) is 0 Å². The minimum Gasteiger partial charge on any atom is -0.326 e. The highest BCUT2D eigenvalue weighted by Crippen LogP contribution is 2.16. The number of halogens is 1. The van der Waals surface area contributed by atoms with Gasteiger partial charge in [0.05, 0.1) is 6.42 Å². The number of carbonyl (C=O) groups excluding carboxylic acids is 2. The molecule has 0 spiro atoms. The summed E-state index contributed by atoms with van der Waals surface area (Å²) in [6.45, 7) is 3.17. The summed E-state index contributed by atoms with van der Waals surface area (Å²) in [7, 11) is 0. The van der Waals surface area contributed by atoms with Crippen LogP contribution in [0.3, 0.4) is 0 Å². The van der Waals surface area contributed by atoms with E-state index in [1.165, 1.54) is 19.1 Å². The topological polar surface area (TPSA) is 58.2 Å². The Labute approximate surface area is 128 Å². The van der Waals surface area contributed by atoms with Crippen LogP contribution in [0.5, 0.6) is 0 Å². The van der Waals surface area contributed by atoms with Crippen LogP contribution in [0.1, 0.15) is 18.1 Å². The molecule has 0 unspecified atom stereocenters. The van der Waals surface area contributed by atoms with Gasteiger partial charge in [0.25, 0.3) is 0 Å². The first-order chi connectivity index (χ1) is 10.4. The van der Waals surface area contributed by atoms with E-state index in [2.05, 4.69) is 10.6 Å².